The Balaban J connectivity index is 2.01. The molecule has 4 rings (SSSR count). The Labute approximate surface area is 164 Å². The molecule has 1 saturated heterocycles. The normalized spacial score (nSPS) is 18.0. The van der Waals surface area contributed by atoms with Gasteiger partial charge in [0.05, 0.1) is 24.9 Å². The molecule has 3 aromatic heterocycles. The molecular formula is C20H26N5O2P. The monoisotopic (exact) mass is 399 g/mol. The molecule has 0 amide bonds. The van der Waals surface area contributed by atoms with Crippen LogP contribution in [0.4, 0.5) is 5.82 Å². The van der Waals surface area contributed by atoms with E-state index < -0.39 is 7.14 Å². The standard InChI is InChI=1S/C20H26N5O2P/c1-4-28(26,5-2)17-12-18(25-10-11-27-13-14(25)3)23-19-15(17)6-8-21-20(19)16-7-9-22-24-16/h6-9,12,14H,4-5,10-11,13H2,1-3H3,(H,22,24). The highest BCUT2D eigenvalue weighted by atomic mass is 31.2. The molecule has 1 aliphatic heterocycles. The first-order chi connectivity index (χ1) is 13.6. The van der Waals surface area contributed by atoms with Crippen molar-refractivity contribution in [2.45, 2.75) is 26.8 Å². The second-order valence-corrected chi connectivity index (χ2v) is 10.7. The van der Waals surface area contributed by atoms with E-state index in [1.54, 1.807) is 12.4 Å². The van der Waals surface area contributed by atoms with Gasteiger partial charge >= 0.3 is 0 Å². The smallest absolute Gasteiger partial charge is 0.130 e. The second kappa shape index (κ2) is 7.64. The molecule has 3 aromatic rings. The first-order valence-corrected chi connectivity index (χ1v) is 11.9. The summed E-state index contributed by atoms with van der Waals surface area (Å²) in [4.78, 5) is 11.8. The number of rotatable bonds is 5. The molecule has 7 nitrogen and oxygen atoms in total. The van der Waals surface area contributed by atoms with Crippen LogP contribution in [0, 0.1) is 0 Å². The van der Waals surface area contributed by atoms with E-state index in [9.17, 15) is 4.57 Å². The van der Waals surface area contributed by atoms with Gasteiger partial charge in [-0.1, -0.05) is 13.8 Å². The van der Waals surface area contributed by atoms with Crippen molar-refractivity contribution in [1.82, 2.24) is 20.2 Å². The third kappa shape index (κ3) is 3.23. The van der Waals surface area contributed by atoms with Gasteiger partial charge in [0, 0.05) is 42.0 Å². The Bertz CT molecular complexity index is 1010. The highest BCUT2D eigenvalue weighted by molar-refractivity contribution is 7.72. The Morgan fingerprint density at radius 3 is 2.79 bits per heavy atom. The van der Waals surface area contributed by atoms with Gasteiger partial charge in [-0.2, -0.15) is 5.10 Å². The first kappa shape index (κ1) is 19.1. The molecule has 8 heteroatoms. The molecule has 0 spiro atoms. The molecule has 1 unspecified atom stereocenters. The highest BCUT2D eigenvalue weighted by Crippen LogP contribution is 2.46. The SMILES string of the molecule is CCP(=O)(CC)c1cc(N2CCOCC2C)nc2c(-c3ccn[nH]3)nccc12. The van der Waals surface area contributed by atoms with Crippen molar-refractivity contribution in [3.8, 4) is 11.4 Å². The summed E-state index contributed by atoms with van der Waals surface area (Å²) in [6, 6.07) is 6.06. The lowest BCUT2D eigenvalue weighted by Crippen LogP contribution is -2.44. The zero-order valence-corrected chi connectivity index (χ0v) is 17.4. The van der Waals surface area contributed by atoms with Crippen LogP contribution in [0.25, 0.3) is 22.3 Å². The third-order valence-electron chi connectivity index (χ3n) is 5.57. The predicted molar refractivity (Wildman–Crippen MR) is 113 cm³/mol. The van der Waals surface area contributed by atoms with Crippen LogP contribution in [0.1, 0.15) is 20.8 Å². The molecule has 148 valence electrons. The van der Waals surface area contributed by atoms with Crippen molar-refractivity contribution in [3.05, 3.63) is 30.6 Å². The maximum atomic E-state index is 13.8. The molecule has 0 aliphatic carbocycles. The molecule has 0 bridgehead atoms. The van der Waals surface area contributed by atoms with Crippen LogP contribution in [-0.4, -0.2) is 58.3 Å². The van der Waals surface area contributed by atoms with E-state index in [4.69, 9.17) is 9.72 Å². The fourth-order valence-corrected chi connectivity index (χ4v) is 5.92. The average molecular weight is 399 g/mol. The number of aromatic nitrogens is 4. The number of anilines is 1. The van der Waals surface area contributed by atoms with Gasteiger partial charge in [0.15, 0.2) is 0 Å². The van der Waals surface area contributed by atoms with Crippen LogP contribution in [0.2, 0.25) is 0 Å². The summed E-state index contributed by atoms with van der Waals surface area (Å²) in [6.07, 6.45) is 4.72. The molecule has 0 radical (unpaired) electrons. The largest absolute Gasteiger partial charge is 0.377 e. The van der Waals surface area contributed by atoms with Crippen molar-refractivity contribution in [2.75, 3.05) is 37.0 Å². The van der Waals surface area contributed by atoms with Gasteiger partial charge in [0.2, 0.25) is 0 Å². The van der Waals surface area contributed by atoms with Gasteiger partial charge in [-0.3, -0.25) is 10.1 Å². The summed E-state index contributed by atoms with van der Waals surface area (Å²) in [5, 5.41) is 8.86. The van der Waals surface area contributed by atoms with E-state index in [0.29, 0.717) is 25.5 Å². The van der Waals surface area contributed by atoms with Gasteiger partial charge in [0.1, 0.15) is 24.2 Å². The summed E-state index contributed by atoms with van der Waals surface area (Å²) in [7, 11) is -2.53. The minimum atomic E-state index is -2.53. The fourth-order valence-electron chi connectivity index (χ4n) is 3.82. The summed E-state index contributed by atoms with van der Waals surface area (Å²) in [5.41, 5.74) is 2.30. The number of H-pyrrole nitrogens is 1. The summed E-state index contributed by atoms with van der Waals surface area (Å²) >= 11 is 0. The summed E-state index contributed by atoms with van der Waals surface area (Å²) < 4.78 is 19.4. The molecule has 1 N–H and O–H groups in total. The molecular weight excluding hydrogens is 373 g/mol. The van der Waals surface area contributed by atoms with Crippen LogP contribution in [-0.2, 0) is 9.30 Å². The lowest BCUT2D eigenvalue weighted by atomic mass is 10.1. The number of nitrogens with one attached hydrogen (secondary N) is 1. The zero-order valence-electron chi connectivity index (χ0n) is 16.6. The van der Waals surface area contributed by atoms with Gasteiger partial charge in [-0.05, 0) is 25.1 Å². The van der Waals surface area contributed by atoms with Crippen LogP contribution in [0.3, 0.4) is 0 Å². The van der Waals surface area contributed by atoms with Gasteiger partial charge in [-0.25, -0.2) is 4.98 Å². The van der Waals surface area contributed by atoms with E-state index >= 15 is 0 Å². The Hall–Kier alpha value is -2.24. The molecule has 1 aliphatic rings. The number of pyridine rings is 2. The van der Waals surface area contributed by atoms with E-state index in [1.807, 2.05) is 32.0 Å². The number of morpholine rings is 1. The molecule has 0 aromatic carbocycles. The Morgan fingerprint density at radius 1 is 1.29 bits per heavy atom. The topological polar surface area (TPSA) is 84.0 Å². The van der Waals surface area contributed by atoms with Crippen LogP contribution in [0.15, 0.2) is 30.6 Å². The van der Waals surface area contributed by atoms with Gasteiger partial charge in [0.25, 0.3) is 0 Å². The average Bonchev–Trinajstić information content (AvgIpc) is 3.27. The summed E-state index contributed by atoms with van der Waals surface area (Å²) in [6.45, 7) is 8.23. The molecule has 1 fully saturated rings. The molecule has 28 heavy (non-hydrogen) atoms. The van der Waals surface area contributed by atoms with Crippen molar-refractivity contribution in [1.29, 1.82) is 0 Å². The molecule has 1 atom stereocenters. The molecule has 4 heterocycles. The number of nitrogens with zero attached hydrogens (tertiary/aromatic N) is 4. The number of hydrogen-bond donors (Lipinski definition) is 1. The number of hydrogen-bond acceptors (Lipinski definition) is 6. The van der Waals surface area contributed by atoms with Crippen LogP contribution in [0.5, 0.6) is 0 Å². The Kier molecular flexibility index (Phi) is 5.21. The maximum absolute atomic E-state index is 13.8. The van der Waals surface area contributed by atoms with E-state index in [0.717, 1.165) is 40.0 Å². The van der Waals surface area contributed by atoms with Crippen molar-refractivity contribution in [3.63, 3.8) is 0 Å². The lowest BCUT2D eigenvalue weighted by molar-refractivity contribution is 0.0986. The summed E-state index contributed by atoms with van der Waals surface area (Å²) in [5.74, 6) is 0.842. The minimum Gasteiger partial charge on any atom is -0.377 e. The van der Waals surface area contributed by atoms with Crippen molar-refractivity contribution < 1.29 is 9.30 Å². The highest BCUT2D eigenvalue weighted by Gasteiger charge is 2.28. The first-order valence-electron chi connectivity index (χ1n) is 9.80. The quantitative estimate of drug-likeness (QED) is 0.663. The van der Waals surface area contributed by atoms with E-state index in [-0.39, 0.29) is 6.04 Å². The number of fused-ring (bicyclic) bond motifs is 1. The van der Waals surface area contributed by atoms with Gasteiger partial charge in [-0.15, -0.1) is 0 Å². The lowest BCUT2D eigenvalue weighted by Gasteiger charge is -2.35. The minimum absolute atomic E-state index is 0.210. The molecule has 0 saturated carbocycles. The third-order valence-corrected chi connectivity index (χ3v) is 8.86. The van der Waals surface area contributed by atoms with Crippen LogP contribution < -0.4 is 10.2 Å². The van der Waals surface area contributed by atoms with Crippen LogP contribution >= 0.6 is 7.14 Å². The second-order valence-electron chi connectivity index (χ2n) is 7.16. The van der Waals surface area contributed by atoms with Crippen molar-refractivity contribution in [2.24, 2.45) is 0 Å². The Morgan fingerprint density at radius 2 is 2.11 bits per heavy atom. The van der Waals surface area contributed by atoms with Crippen molar-refractivity contribution >= 4 is 29.2 Å². The maximum Gasteiger partial charge on any atom is 0.130 e. The van der Waals surface area contributed by atoms with Gasteiger partial charge < -0.3 is 14.2 Å². The zero-order chi connectivity index (χ0) is 19.7. The number of aromatic amines is 1. The number of ether oxygens (including phenoxy) is 1. The van der Waals surface area contributed by atoms with E-state index in [2.05, 4.69) is 27.0 Å². The van der Waals surface area contributed by atoms with E-state index in [1.165, 1.54) is 0 Å². The predicted octanol–water partition coefficient (Wildman–Crippen LogP) is 3.27. The fraction of sp³-hybridized carbons (Fsp3) is 0.450.